The van der Waals surface area contributed by atoms with E-state index in [0.717, 1.165) is 28.2 Å². The molecule has 0 bridgehead atoms. The maximum Gasteiger partial charge on any atom is 0.303 e. The predicted octanol–water partition coefficient (Wildman–Crippen LogP) is 3.19. The molecular weight excluding hydrogens is 536 g/mol. The lowest BCUT2D eigenvalue weighted by Gasteiger charge is -2.06. The molecule has 1 aliphatic heterocycles. The van der Waals surface area contributed by atoms with Gasteiger partial charge in [0.25, 0.3) is 5.91 Å². The van der Waals surface area contributed by atoms with Gasteiger partial charge in [-0.3, -0.25) is 15.0 Å². The first-order valence-electron chi connectivity index (χ1n) is 12.0. The Morgan fingerprint density at radius 1 is 1.05 bits per heavy atom. The number of amides is 2. The van der Waals surface area contributed by atoms with Crippen LogP contribution in [0.1, 0.15) is 15.2 Å². The number of nitrogens with one attached hydrogen (secondary N) is 2. The number of anilines is 2. The largest absolute Gasteiger partial charge is 0.378 e. The van der Waals surface area contributed by atoms with Crippen LogP contribution in [0.3, 0.4) is 0 Å². The summed E-state index contributed by atoms with van der Waals surface area (Å²) in [6.07, 6.45) is 1.44. The second-order valence-corrected chi connectivity index (χ2v) is 9.94. The Kier molecular flexibility index (Phi) is 8.43. The van der Waals surface area contributed by atoms with Crippen LogP contribution in [-0.2, 0) is 9.53 Å². The lowest BCUT2D eigenvalue weighted by molar-refractivity contribution is -0.112. The van der Waals surface area contributed by atoms with Crippen LogP contribution in [0.15, 0.2) is 82.4 Å². The van der Waals surface area contributed by atoms with Crippen LogP contribution < -0.4 is 21.5 Å². The molecule has 0 saturated carbocycles. The van der Waals surface area contributed by atoms with Gasteiger partial charge in [-0.25, -0.2) is 9.97 Å². The Morgan fingerprint density at radius 3 is 2.54 bits per heavy atom. The van der Waals surface area contributed by atoms with Crippen molar-refractivity contribution in [1.29, 1.82) is 0 Å². The van der Waals surface area contributed by atoms with E-state index in [4.69, 9.17) is 10.5 Å². The van der Waals surface area contributed by atoms with Crippen LogP contribution in [0.5, 0.6) is 0 Å². The first-order valence-corrected chi connectivity index (χ1v) is 13.7. The molecule has 11 nitrogen and oxygen atoms in total. The van der Waals surface area contributed by atoms with Crippen LogP contribution in [0, 0.1) is 0 Å². The second kappa shape index (κ2) is 12.5. The highest BCUT2D eigenvalue weighted by Crippen LogP contribution is 2.30. The molecule has 2 aromatic heterocycles. The number of nitrogens with two attached hydrogens (primary N) is 1. The van der Waals surface area contributed by atoms with Crippen molar-refractivity contribution in [2.75, 3.05) is 36.7 Å². The number of thiazole rings is 2. The summed E-state index contributed by atoms with van der Waals surface area (Å²) in [5.41, 5.74) is 11.1. The molecule has 2 amide bonds. The van der Waals surface area contributed by atoms with E-state index in [9.17, 15) is 9.59 Å². The van der Waals surface area contributed by atoms with E-state index in [0.29, 0.717) is 47.2 Å². The van der Waals surface area contributed by atoms with Crippen LogP contribution in [-0.4, -0.2) is 59.5 Å². The minimum absolute atomic E-state index is 0.107. The Hall–Kier alpha value is -4.30. The van der Waals surface area contributed by atoms with Gasteiger partial charge >= 0.3 is 5.91 Å². The van der Waals surface area contributed by atoms with E-state index in [1.807, 2.05) is 66.0 Å². The van der Waals surface area contributed by atoms with Gasteiger partial charge in [0.1, 0.15) is 10.6 Å². The molecule has 0 fully saturated rings. The smallest absolute Gasteiger partial charge is 0.303 e. The van der Waals surface area contributed by atoms with E-state index < -0.39 is 5.91 Å². The molecule has 4 aromatic rings. The highest BCUT2D eigenvalue weighted by Gasteiger charge is 2.36. The summed E-state index contributed by atoms with van der Waals surface area (Å²) in [4.78, 5) is 35.1. The second-order valence-electron chi connectivity index (χ2n) is 8.07. The zero-order chi connectivity index (χ0) is 27.0. The number of carbonyl (C=O) groups excluding carboxylic acids is 2. The third-order valence-electron chi connectivity index (χ3n) is 5.40. The Morgan fingerprint density at radius 2 is 1.79 bits per heavy atom. The molecule has 39 heavy (non-hydrogen) atoms. The fraction of sp³-hybridized carbons (Fsp3) is 0.154. The standard InChI is InChI=1S/C26H24N8O3S2/c27-11-13-37-14-12-28-23(35)20-15-29-25(39-20)32-31-22-21(18-9-5-2-6-10-18)33-34(24(22)36)26-30-19(16-38-26)17-7-3-1-4-8-17/h1-10,15-16H,11-14,27H2,(H,28,35)(H,29,32)/b31-22+. The van der Waals surface area contributed by atoms with Crippen molar-refractivity contribution in [3.63, 3.8) is 0 Å². The fourth-order valence-electron chi connectivity index (χ4n) is 3.56. The molecule has 1 aliphatic rings. The summed E-state index contributed by atoms with van der Waals surface area (Å²) in [7, 11) is 0. The first-order chi connectivity index (χ1) is 19.1. The average molecular weight is 561 g/mol. The molecule has 5 rings (SSSR count). The summed E-state index contributed by atoms with van der Waals surface area (Å²) >= 11 is 2.43. The van der Waals surface area contributed by atoms with Gasteiger partial charge in [-0.15, -0.1) is 11.3 Å². The number of hydrogen-bond donors (Lipinski definition) is 3. The van der Waals surface area contributed by atoms with Crippen molar-refractivity contribution in [3.05, 3.63) is 82.7 Å². The van der Waals surface area contributed by atoms with E-state index >= 15 is 0 Å². The quantitative estimate of drug-likeness (QED) is 0.189. The SMILES string of the molecule is NCCOCCNC(=O)c1cnc(N/N=C2/C(=O)N(c3nc(-c4ccccc4)cs3)N=C2c2ccccc2)s1. The third kappa shape index (κ3) is 6.23. The molecule has 2 aromatic carbocycles. The third-order valence-corrected chi connectivity index (χ3v) is 7.11. The molecule has 0 radical (unpaired) electrons. The maximum absolute atomic E-state index is 13.5. The molecule has 13 heteroatoms. The van der Waals surface area contributed by atoms with Crippen LogP contribution >= 0.6 is 22.7 Å². The number of aromatic nitrogens is 2. The van der Waals surface area contributed by atoms with Gasteiger partial charge in [-0.05, 0) is 0 Å². The summed E-state index contributed by atoms with van der Waals surface area (Å²) in [6, 6.07) is 19.0. The van der Waals surface area contributed by atoms with Gasteiger partial charge in [0.05, 0.1) is 25.1 Å². The number of hydrogen-bond acceptors (Lipinski definition) is 11. The first kappa shape index (κ1) is 26.3. The lowest BCUT2D eigenvalue weighted by Crippen LogP contribution is -2.28. The van der Waals surface area contributed by atoms with Gasteiger partial charge < -0.3 is 15.8 Å². The van der Waals surface area contributed by atoms with E-state index in [2.05, 4.69) is 30.9 Å². The number of benzene rings is 2. The highest BCUT2D eigenvalue weighted by atomic mass is 32.1. The summed E-state index contributed by atoms with van der Waals surface area (Å²) in [5.74, 6) is -0.709. The van der Waals surface area contributed by atoms with Gasteiger partial charge in [-0.1, -0.05) is 72.0 Å². The van der Waals surface area contributed by atoms with Gasteiger partial charge in [-0.2, -0.15) is 15.2 Å². The van der Waals surface area contributed by atoms with Crippen LogP contribution in [0.4, 0.5) is 10.3 Å². The van der Waals surface area contributed by atoms with Gasteiger partial charge in [0.2, 0.25) is 10.3 Å². The minimum Gasteiger partial charge on any atom is -0.378 e. The maximum atomic E-state index is 13.5. The van der Waals surface area contributed by atoms with Crippen LogP contribution in [0.2, 0.25) is 0 Å². The summed E-state index contributed by atoms with van der Waals surface area (Å²) < 4.78 is 5.26. The lowest BCUT2D eigenvalue weighted by atomic mass is 10.1. The number of hydrazone groups is 2. The Labute approximate surface area is 232 Å². The topological polar surface area (TPSA) is 147 Å². The van der Waals surface area contributed by atoms with Crippen molar-refractivity contribution < 1.29 is 14.3 Å². The molecule has 4 N–H and O–H groups in total. The van der Waals surface area contributed by atoms with Crippen molar-refractivity contribution in [2.24, 2.45) is 15.9 Å². The van der Waals surface area contributed by atoms with Crippen molar-refractivity contribution >= 4 is 56.2 Å². The molecular formula is C26H24N8O3S2. The average Bonchev–Trinajstić information content (AvgIpc) is 3.72. The normalized spacial score (nSPS) is 14.1. The zero-order valence-corrected chi connectivity index (χ0v) is 22.2. The van der Waals surface area contributed by atoms with Crippen molar-refractivity contribution in [3.8, 4) is 11.3 Å². The minimum atomic E-state index is -0.428. The fourth-order valence-corrected chi connectivity index (χ4v) is 5.02. The number of ether oxygens (including phenoxy) is 1. The van der Waals surface area contributed by atoms with Gasteiger partial charge in [0, 0.05) is 29.6 Å². The Bertz CT molecular complexity index is 1500. The number of rotatable bonds is 11. The van der Waals surface area contributed by atoms with Gasteiger partial charge in [0.15, 0.2) is 5.71 Å². The molecule has 0 aliphatic carbocycles. The molecule has 0 saturated heterocycles. The Balaban J connectivity index is 1.33. The number of nitrogens with zero attached hydrogens (tertiary/aromatic N) is 5. The summed E-state index contributed by atoms with van der Waals surface area (Å²) in [5, 5.41) is 15.6. The van der Waals surface area contributed by atoms with Crippen LogP contribution in [0.25, 0.3) is 11.3 Å². The number of carbonyl (C=O) groups is 2. The molecule has 0 atom stereocenters. The monoisotopic (exact) mass is 560 g/mol. The van der Waals surface area contributed by atoms with Crippen molar-refractivity contribution in [2.45, 2.75) is 0 Å². The summed E-state index contributed by atoms with van der Waals surface area (Å²) in [6.45, 7) is 1.58. The zero-order valence-electron chi connectivity index (χ0n) is 20.6. The highest BCUT2D eigenvalue weighted by molar-refractivity contribution is 7.17. The molecule has 0 unspecified atom stereocenters. The molecule has 198 valence electrons. The van der Waals surface area contributed by atoms with E-state index in [1.54, 1.807) is 0 Å². The predicted molar refractivity (Wildman–Crippen MR) is 153 cm³/mol. The van der Waals surface area contributed by atoms with E-state index in [1.165, 1.54) is 22.5 Å². The van der Waals surface area contributed by atoms with Crippen molar-refractivity contribution in [1.82, 2.24) is 15.3 Å². The molecule has 3 heterocycles. The molecule has 0 spiro atoms. The van der Waals surface area contributed by atoms with E-state index in [-0.39, 0.29) is 11.6 Å².